The van der Waals surface area contributed by atoms with Crippen LogP contribution in [0.25, 0.3) is 0 Å². The van der Waals surface area contributed by atoms with Crippen molar-refractivity contribution in [3.8, 4) is 0 Å². The second kappa shape index (κ2) is 5.79. The molecule has 100 valence electrons. The Morgan fingerprint density at radius 2 is 1.95 bits per heavy atom. The van der Waals surface area contributed by atoms with E-state index in [0.29, 0.717) is 12.1 Å². The van der Waals surface area contributed by atoms with Crippen molar-refractivity contribution < 1.29 is 8.42 Å². The number of benzene rings is 1. The molecule has 1 N–H and O–H groups in total. The first kappa shape index (κ1) is 13.5. The summed E-state index contributed by atoms with van der Waals surface area (Å²) in [5, 5.41) is 0. The van der Waals surface area contributed by atoms with Gasteiger partial charge in [-0.05, 0) is 36.6 Å². The Hall–Kier alpha value is -1.95. The van der Waals surface area contributed by atoms with Crippen molar-refractivity contribution in [3.05, 3.63) is 54.1 Å². The third kappa shape index (κ3) is 4.33. The van der Waals surface area contributed by atoms with Crippen LogP contribution in [0.15, 0.2) is 43.0 Å². The molecule has 0 atom stereocenters. The van der Waals surface area contributed by atoms with E-state index in [0.717, 1.165) is 11.1 Å². The number of hydrogen-bond donors (Lipinski definition) is 1. The lowest BCUT2D eigenvalue weighted by Crippen LogP contribution is -2.18. The van der Waals surface area contributed by atoms with Crippen molar-refractivity contribution in [1.29, 1.82) is 0 Å². The van der Waals surface area contributed by atoms with Gasteiger partial charge in [0.25, 0.3) is 0 Å². The van der Waals surface area contributed by atoms with Crippen molar-refractivity contribution in [2.24, 2.45) is 0 Å². The maximum absolute atomic E-state index is 11.9. The Labute approximate surface area is 112 Å². The van der Waals surface area contributed by atoms with E-state index in [4.69, 9.17) is 0 Å². The molecule has 1 heterocycles. The first-order valence-electron chi connectivity index (χ1n) is 5.86. The average Bonchev–Trinajstić information content (AvgIpc) is 2.37. The summed E-state index contributed by atoms with van der Waals surface area (Å²) >= 11 is 0. The zero-order valence-electron chi connectivity index (χ0n) is 10.6. The first-order chi connectivity index (χ1) is 9.05. The summed E-state index contributed by atoms with van der Waals surface area (Å²) in [6.45, 7) is 1.92. The summed E-state index contributed by atoms with van der Waals surface area (Å²) in [5.41, 5.74) is 2.40. The van der Waals surface area contributed by atoms with E-state index in [1.165, 1.54) is 6.33 Å². The zero-order chi connectivity index (χ0) is 13.7. The summed E-state index contributed by atoms with van der Waals surface area (Å²) in [5.74, 6) is 0.00825. The molecule has 5 nitrogen and oxygen atoms in total. The Morgan fingerprint density at radius 3 is 2.63 bits per heavy atom. The van der Waals surface area contributed by atoms with E-state index in [9.17, 15) is 8.42 Å². The Balaban J connectivity index is 1.99. The van der Waals surface area contributed by atoms with Crippen LogP contribution >= 0.6 is 0 Å². The van der Waals surface area contributed by atoms with E-state index in [-0.39, 0.29) is 5.75 Å². The largest absolute Gasteiger partial charge is 0.284 e. The van der Waals surface area contributed by atoms with Crippen molar-refractivity contribution in [2.75, 3.05) is 10.5 Å². The van der Waals surface area contributed by atoms with Gasteiger partial charge < -0.3 is 0 Å². The van der Waals surface area contributed by atoms with Crippen LogP contribution in [0.4, 0.5) is 5.69 Å². The lowest BCUT2D eigenvalue weighted by molar-refractivity contribution is 0.600. The predicted octanol–water partition coefficient (Wildman–Crippen LogP) is 1.77. The number of hydrogen-bond acceptors (Lipinski definition) is 4. The third-order valence-electron chi connectivity index (χ3n) is 2.56. The highest BCUT2D eigenvalue weighted by molar-refractivity contribution is 7.92. The van der Waals surface area contributed by atoms with Gasteiger partial charge in [-0.2, -0.15) is 0 Å². The minimum atomic E-state index is -3.36. The zero-order valence-corrected chi connectivity index (χ0v) is 11.4. The van der Waals surface area contributed by atoms with Gasteiger partial charge in [-0.25, -0.2) is 18.4 Å². The van der Waals surface area contributed by atoms with Gasteiger partial charge >= 0.3 is 0 Å². The quantitative estimate of drug-likeness (QED) is 0.904. The van der Waals surface area contributed by atoms with Gasteiger partial charge in [-0.1, -0.05) is 12.1 Å². The normalized spacial score (nSPS) is 11.2. The van der Waals surface area contributed by atoms with Crippen molar-refractivity contribution in [1.82, 2.24) is 9.97 Å². The van der Waals surface area contributed by atoms with E-state index < -0.39 is 10.0 Å². The van der Waals surface area contributed by atoms with Gasteiger partial charge in [-0.15, -0.1) is 0 Å². The molecule has 6 heteroatoms. The number of sulfonamides is 1. The second-order valence-corrected chi connectivity index (χ2v) is 6.13. The van der Waals surface area contributed by atoms with Gasteiger partial charge in [0.05, 0.1) is 5.75 Å². The predicted molar refractivity (Wildman–Crippen MR) is 74.3 cm³/mol. The highest BCUT2D eigenvalue weighted by atomic mass is 32.2. The molecule has 1 aromatic carbocycles. The summed E-state index contributed by atoms with van der Waals surface area (Å²) < 4.78 is 26.4. The molecule has 0 aliphatic rings. The lowest BCUT2D eigenvalue weighted by atomic mass is 10.2. The summed E-state index contributed by atoms with van der Waals surface area (Å²) in [6.07, 6.45) is 5.05. The lowest BCUT2D eigenvalue weighted by Gasteiger charge is -2.08. The number of aryl methyl sites for hydroxylation is 2. The molecule has 0 amide bonds. The molecular formula is C13H15N3O2S. The van der Waals surface area contributed by atoms with Crippen LogP contribution in [-0.2, 0) is 16.4 Å². The van der Waals surface area contributed by atoms with Crippen LogP contribution in [0.1, 0.15) is 11.1 Å². The SMILES string of the molecule is Cc1cccc(NS(=O)(=O)CCc2cncnc2)c1. The summed E-state index contributed by atoms with van der Waals surface area (Å²) in [4.78, 5) is 7.71. The van der Waals surface area contributed by atoms with Crippen LogP contribution in [0.2, 0.25) is 0 Å². The minimum Gasteiger partial charge on any atom is -0.284 e. The molecule has 1 aromatic heterocycles. The molecule has 2 rings (SSSR count). The van der Waals surface area contributed by atoms with E-state index in [2.05, 4.69) is 14.7 Å². The fourth-order valence-corrected chi connectivity index (χ4v) is 2.74. The smallest absolute Gasteiger partial charge is 0.233 e. The average molecular weight is 277 g/mol. The number of aromatic nitrogens is 2. The Kier molecular flexibility index (Phi) is 4.11. The third-order valence-corrected chi connectivity index (χ3v) is 3.85. The van der Waals surface area contributed by atoms with Crippen LogP contribution in [0.5, 0.6) is 0 Å². The van der Waals surface area contributed by atoms with E-state index in [1.807, 2.05) is 19.1 Å². The topological polar surface area (TPSA) is 72.0 Å². The minimum absolute atomic E-state index is 0.00825. The van der Waals surface area contributed by atoms with E-state index >= 15 is 0 Å². The first-order valence-corrected chi connectivity index (χ1v) is 7.51. The molecule has 0 unspecified atom stereocenters. The molecule has 0 saturated carbocycles. The number of nitrogens with one attached hydrogen (secondary N) is 1. The molecule has 0 bridgehead atoms. The van der Waals surface area contributed by atoms with Crippen molar-refractivity contribution >= 4 is 15.7 Å². The molecular weight excluding hydrogens is 262 g/mol. The number of rotatable bonds is 5. The molecule has 2 aromatic rings. The van der Waals surface area contributed by atoms with Crippen LogP contribution in [-0.4, -0.2) is 24.1 Å². The fourth-order valence-electron chi connectivity index (χ4n) is 1.65. The summed E-state index contributed by atoms with van der Waals surface area (Å²) in [7, 11) is -3.36. The van der Waals surface area contributed by atoms with Gasteiger partial charge in [0, 0.05) is 18.1 Å². The molecule has 0 aliphatic heterocycles. The number of nitrogens with zero attached hydrogens (tertiary/aromatic N) is 2. The van der Waals surface area contributed by atoms with E-state index in [1.54, 1.807) is 24.5 Å². The van der Waals surface area contributed by atoms with Gasteiger partial charge in [0.2, 0.25) is 10.0 Å². The molecule has 0 fully saturated rings. The Bertz CT molecular complexity index is 642. The molecule has 0 aliphatic carbocycles. The molecule has 0 spiro atoms. The fraction of sp³-hybridized carbons (Fsp3) is 0.231. The van der Waals surface area contributed by atoms with Crippen LogP contribution in [0.3, 0.4) is 0 Å². The highest BCUT2D eigenvalue weighted by Gasteiger charge is 2.10. The van der Waals surface area contributed by atoms with Gasteiger partial charge in [0.15, 0.2) is 0 Å². The second-order valence-electron chi connectivity index (χ2n) is 4.29. The Morgan fingerprint density at radius 1 is 1.21 bits per heavy atom. The molecule has 0 radical (unpaired) electrons. The maximum atomic E-state index is 11.9. The maximum Gasteiger partial charge on any atom is 0.233 e. The van der Waals surface area contributed by atoms with Crippen molar-refractivity contribution in [2.45, 2.75) is 13.3 Å². The summed E-state index contributed by atoms with van der Waals surface area (Å²) in [6, 6.07) is 7.26. The van der Waals surface area contributed by atoms with Gasteiger partial charge in [-0.3, -0.25) is 4.72 Å². The standard InChI is InChI=1S/C13H15N3O2S/c1-11-3-2-4-13(7-11)16-19(17,18)6-5-12-8-14-10-15-9-12/h2-4,7-10,16H,5-6H2,1H3. The molecule has 19 heavy (non-hydrogen) atoms. The van der Waals surface area contributed by atoms with Gasteiger partial charge in [0.1, 0.15) is 6.33 Å². The van der Waals surface area contributed by atoms with Crippen LogP contribution < -0.4 is 4.72 Å². The van der Waals surface area contributed by atoms with Crippen LogP contribution in [0, 0.1) is 6.92 Å². The highest BCUT2D eigenvalue weighted by Crippen LogP contribution is 2.12. The molecule has 0 saturated heterocycles. The monoisotopic (exact) mass is 277 g/mol. The number of anilines is 1. The van der Waals surface area contributed by atoms with Crippen molar-refractivity contribution in [3.63, 3.8) is 0 Å².